The van der Waals surface area contributed by atoms with Crippen LogP contribution in [0.15, 0.2) is 60.9 Å². The number of aromatic nitrogens is 4. The number of imidazole rings is 1. The van der Waals surface area contributed by atoms with E-state index in [1.54, 1.807) is 87.3 Å². The molecule has 0 N–H and O–H groups in total. The van der Waals surface area contributed by atoms with Crippen LogP contribution in [0.5, 0.6) is 11.5 Å². The van der Waals surface area contributed by atoms with Gasteiger partial charge < -0.3 is 23.3 Å². The number of methoxy groups -OCH3 is 1. The first kappa shape index (κ1) is 35.8. The molecule has 1 amide bonds. The molecule has 0 aliphatic carbocycles. The topological polar surface area (TPSA) is 109 Å². The minimum atomic E-state index is -1.14. The van der Waals surface area contributed by atoms with Crippen LogP contribution in [0, 0.1) is 18.6 Å². The molecule has 0 spiro atoms. The van der Waals surface area contributed by atoms with Crippen LogP contribution in [0.1, 0.15) is 60.7 Å². The van der Waals surface area contributed by atoms with Crippen molar-refractivity contribution in [3.8, 4) is 22.6 Å². The van der Waals surface area contributed by atoms with Gasteiger partial charge in [0.05, 0.1) is 38.8 Å². The van der Waals surface area contributed by atoms with E-state index in [0.29, 0.717) is 33.8 Å². The Labute approximate surface area is 289 Å². The quantitative estimate of drug-likeness (QED) is 0.128. The number of hydrogen-bond acceptors (Lipinski definition) is 8. The lowest BCUT2D eigenvalue weighted by Crippen LogP contribution is -2.36. The van der Waals surface area contributed by atoms with Gasteiger partial charge in [-0.1, -0.05) is 12.1 Å². The Kier molecular flexibility index (Phi) is 10.7. The molecule has 5 rings (SSSR count). The fourth-order valence-corrected chi connectivity index (χ4v) is 5.44. The van der Waals surface area contributed by atoms with Crippen LogP contribution in [0.4, 0.5) is 13.6 Å². The predicted octanol–water partition coefficient (Wildman–Crippen LogP) is 7.07. The van der Waals surface area contributed by atoms with Crippen molar-refractivity contribution in [1.82, 2.24) is 24.1 Å². The van der Waals surface area contributed by atoms with Crippen LogP contribution < -0.4 is 9.47 Å². The van der Waals surface area contributed by atoms with E-state index in [2.05, 4.69) is 10.1 Å². The molecule has 264 valence electrons. The number of aryl methyl sites for hydroxylation is 1. The maximum Gasteiger partial charge on any atom is 0.410 e. The van der Waals surface area contributed by atoms with Gasteiger partial charge in [-0.25, -0.2) is 19.0 Å². The van der Waals surface area contributed by atoms with Gasteiger partial charge in [-0.3, -0.25) is 9.58 Å². The van der Waals surface area contributed by atoms with Crippen molar-refractivity contribution >= 4 is 17.7 Å². The molecular formula is C37H41F2N5O6. The van der Waals surface area contributed by atoms with Gasteiger partial charge >= 0.3 is 12.1 Å². The number of carbonyl (C=O) groups excluding carboxylic acids is 2. The lowest BCUT2D eigenvalue weighted by atomic mass is 10.1. The third-order valence-corrected chi connectivity index (χ3v) is 8.01. The van der Waals surface area contributed by atoms with Gasteiger partial charge in [0.1, 0.15) is 17.0 Å². The number of benzene rings is 2. The van der Waals surface area contributed by atoms with Crippen LogP contribution in [-0.2, 0) is 36.0 Å². The summed E-state index contributed by atoms with van der Waals surface area (Å²) in [5.74, 6) is -2.36. The van der Waals surface area contributed by atoms with Gasteiger partial charge in [0.25, 0.3) is 0 Å². The zero-order valence-electron chi connectivity index (χ0n) is 29.3. The van der Waals surface area contributed by atoms with Crippen LogP contribution >= 0.6 is 0 Å². The second-order valence-electron chi connectivity index (χ2n) is 12.7. The molecule has 0 saturated carbocycles. The summed E-state index contributed by atoms with van der Waals surface area (Å²) in [4.78, 5) is 32.0. The standard InChI is InChI=1S/C37H41F2N5O6/c1-8-48-35(45)33-28(23(2)42(6)41-33)17-18-49-34-29(14-15-30(38)32(34)39)25-11-16-31-40-19-26(44(31)21-25)22-43(36(46)50-37(3,4)5)20-24-9-12-27(47-7)13-10-24/h9-16,19,21H,8,17-18,20,22H2,1-7H3. The van der Waals surface area contributed by atoms with Gasteiger partial charge in [0, 0.05) is 48.6 Å². The SMILES string of the molecule is CCOC(=O)c1nn(C)c(C)c1CCOc1c(-c2ccc3ncc(CN(Cc4ccc(OC)cc4)C(=O)OC(C)(C)C)n3c2)ccc(F)c1F. The molecular weight excluding hydrogens is 648 g/mol. The van der Waals surface area contributed by atoms with Gasteiger partial charge in [-0.05, 0) is 76.6 Å². The average Bonchev–Trinajstić information content (AvgIpc) is 3.61. The highest BCUT2D eigenvalue weighted by molar-refractivity contribution is 5.89. The van der Waals surface area contributed by atoms with E-state index in [9.17, 15) is 14.0 Å². The summed E-state index contributed by atoms with van der Waals surface area (Å²) in [6.07, 6.45) is 3.08. The van der Waals surface area contributed by atoms with Crippen LogP contribution in [0.25, 0.3) is 16.8 Å². The van der Waals surface area contributed by atoms with Crippen molar-refractivity contribution in [2.24, 2.45) is 7.05 Å². The molecule has 3 heterocycles. The third-order valence-electron chi connectivity index (χ3n) is 8.01. The van der Waals surface area contributed by atoms with Crippen molar-refractivity contribution < 1.29 is 37.3 Å². The van der Waals surface area contributed by atoms with Gasteiger partial charge in [-0.15, -0.1) is 0 Å². The summed E-state index contributed by atoms with van der Waals surface area (Å²) in [5, 5.41) is 4.27. The number of nitrogens with zero attached hydrogens (tertiary/aromatic N) is 5. The number of rotatable bonds is 12. The number of amides is 1. The Balaban J connectivity index is 1.44. The highest BCUT2D eigenvalue weighted by Crippen LogP contribution is 2.35. The normalized spacial score (nSPS) is 11.5. The van der Waals surface area contributed by atoms with E-state index in [0.717, 1.165) is 17.3 Å². The first-order valence-electron chi connectivity index (χ1n) is 16.2. The van der Waals surface area contributed by atoms with Crippen molar-refractivity contribution in [2.45, 2.75) is 59.7 Å². The van der Waals surface area contributed by atoms with E-state index in [4.69, 9.17) is 18.9 Å². The number of esters is 1. The fraction of sp³-hybridized carbons (Fsp3) is 0.351. The molecule has 0 aliphatic heterocycles. The Bertz CT molecular complexity index is 2000. The second kappa shape index (κ2) is 15.0. The zero-order chi connectivity index (χ0) is 36.2. The van der Waals surface area contributed by atoms with E-state index in [-0.39, 0.29) is 44.2 Å². The molecule has 50 heavy (non-hydrogen) atoms. The number of fused-ring (bicyclic) bond motifs is 1. The van der Waals surface area contributed by atoms with Gasteiger partial charge in [0.15, 0.2) is 17.3 Å². The van der Waals surface area contributed by atoms with Crippen molar-refractivity contribution in [2.75, 3.05) is 20.3 Å². The summed E-state index contributed by atoms with van der Waals surface area (Å²) < 4.78 is 55.3. The van der Waals surface area contributed by atoms with Crippen molar-refractivity contribution in [3.05, 3.63) is 101 Å². The largest absolute Gasteiger partial charge is 0.497 e. The fourth-order valence-electron chi connectivity index (χ4n) is 5.44. The minimum absolute atomic E-state index is 0.0684. The molecule has 0 radical (unpaired) electrons. The first-order chi connectivity index (χ1) is 23.8. The molecule has 2 aromatic carbocycles. The Morgan fingerprint density at radius 1 is 1.00 bits per heavy atom. The molecule has 0 unspecified atom stereocenters. The molecule has 5 aromatic rings. The number of carbonyl (C=O) groups is 2. The number of ether oxygens (including phenoxy) is 4. The highest BCUT2D eigenvalue weighted by atomic mass is 19.2. The van der Waals surface area contributed by atoms with Gasteiger partial charge in [0.2, 0.25) is 5.82 Å². The predicted molar refractivity (Wildman–Crippen MR) is 182 cm³/mol. The Morgan fingerprint density at radius 2 is 1.74 bits per heavy atom. The summed E-state index contributed by atoms with van der Waals surface area (Å²) >= 11 is 0. The van der Waals surface area contributed by atoms with E-state index in [1.165, 1.54) is 6.07 Å². The summed E-state index contributed by atoms with van der Waals surface area (Å²) in [6.45, 7) is 9.42. The van der Waals surface area contributed by atoms with Crippen molar-refractivity contribution in [3.63, 3.8) is 0 Å². The van der Waals surface area contributed by atoms with Crippen molar-refractivity contribution in [1.29, 1.82) is 0 Å². The molecule has 3 aromatic heterocycles. The molecule has 0 atom stereocenters. The minimum Gasteiger partial charge on any atom is -0.497 e. The van der Waals surface area contributed by atoms with E-state index < -0.39 is 29.3 Å². The number of pyridine rings is 1. The molecule has 0 aliphatic rings. The van der Waals surface area contributed by atoms with Gasteiger partial charge in [-0.2, -0.15) is 9.49 Å². The summed E-state index contributed by atoms with van der Waals surface area (Å²) in [5.41, 5.74) is 3.69. The Hall–Kier alpha value is -5.46. The zero-order valence-corrected chi connectivity index (χ0v) is 29.3. The Morgan fingerprint density at radius 3 is 2.42 bits per heavy atom. The maximum atomic E-state index is 15.4. The lowest BCUT2D eigenvalue weighted by Gasteiger charge is -2.27. The van der Waals surface area contributed by atoms with E-state index in [1.807, 2.05) is 24.3 Å². The van der Waals surface area contributed by atoms with E-state index >= 15 is 4.39 Å². The maximum absolute atomic E-state index is 15.4. The average molecular weight is 690 g/mol. The van der Waals surface area contributed by atoms with Crippen LogP contribution in [0.2, 0.25) is 0 Å². The second-order valence-corrected chi connectivity index (χ2v) is 12.7. The lowest BCUT2D eigenvalue weighted by molar-refractivity contribution is 0.0213. The molecule has 0 bridgehead atoms. The smallest absolute Gasteiger partial charge is 0.410 e. The third kappa shape index (κ3) is 8.04. The molecule has 0 saturated heterocycles. The number of hydrogen-bond donors (Lipinski definition) is 0. The monoisotopic (exact) mass is 689 g/mol. The molecule has 0 fully saturated rings. The summed E-state index contributed by atoms with van der Waals surface area (Å²) in [6, 6.07) is 13.4. The van der Waals surface area contributed by atoms with Crippen LogP contribution in [0.3, 0.4) is 0 Å². The molecule has 11 nitrogen and oxygen atoms in total. The summed E-state index contributed by atoms with van der Waals surface area (Å²) in [7, 11) is 3.29. The highest BCUT2D eigenvalue weighted by Gasteiger charge is 2.25. The van der Waals surface area contributed by atoms with Crippen LogP contribution in [-0.4, -0.2) is 62.1 Å². The molecule has 13 heteroatoms. The first-order valence-corrected chi connectivity index (χ1v) is 16.2. The number of halogens is 2.